The number of rotatable bonds is 31. The van der Waals surface area contributed by atoms with Crippen LogP contribution in [0.1, 0.15) is 181 Å². The van der Waals surface area contributed by atoms with Gasteiger partial charge in [-0.1, -0.05) is 149 Å². The first-order valence-corrected chi connectivity index (χ1v) is 17.7. The average Bonchev–Trinajstić information content (AvgIpc) is 2.95. The molecule has 0 bridgehead atoms. The molecule has 6 N–H and O–H groups in total. The van der Waals surface area contributed by atoms with Crippen molar-refractivity contribution in [2.24, 2.45) is 5.73 Å². The number of carbonyl (C=O) groups is 2. The van der Waals surface area contributed by atoms with Crippen LogP contribution in [-0.2, 0) is 9.59 Å². The van der Waals surface area contributed by atoms with E-state index in [-0.39, 0.29) is 17.8 Å². The average molecular weight is 580 g/mol. The van der Waals surface area contributed by atoms with Gasteiger partial charge in [-0.05, 0) is 25.7 Å². The normalized spacial score (nSPS) is 11.8. The quantitative estimate of drug-likeness (QED) is 0.0322. The van der Waals surface area contributed by atoms with Gasteiger partial charge >= 0.3 is 0 Å². The molecular formula is C34H69N5O2. The van der Waals surface area contributed by atoms with E-state index < -0.39 is 6.04 Å². The highest BCUT2D eigenvalue weighted by Crippen LogP contribution is 2.14. The highest BCUT2D eigenvalue weighted by molar-refractivity contribution is 5.87. The molecule has 0 aromatic rings. The van der Waals surface area contributed by atoms with Crippen LogP contribution in [0.5, 0.6) is 0 Å². The first-order chi connectivity index (χ1) is 20.0. The van der Waals surface area contributed by atoms with Crippen molar-refractivity contribution >= 4 is 17.8 Å². The lowest BCUT2D eigenvalue weighted by molar-refractivity contribution is -0.129. The fourth-order valence-corrected chi connectivity index (χ4v) is 5.32. The highest BCUT2D eigenvalue weighted by Gasteiger charge is 2.20. The van der Waals surface area contributed by atoms with E-state index in [1.54, 1.807) is 0 Å². The van der Waals surface area contributed by atoms with E-state index in [0.717, 1.165) is 25.7 Å². The van der Waals surface area contributed by atoms with E-state index in [9.17, 15) is 9.59 Å². The minimum absolute atomic E-state index is 0.0368. The summed E-state index contributed by atoms with van der Waals surface area (Å²) in [6.45, 7) is 5.66. The number of hydrogen-bond acceptors (Lipinski definition) is 3. The Labute approximate surface area is 254 Å². The Morgan fingerprint density at radius 3 is 1.39 bits per heavy atom. The molecule has 0 saturated heterocycles. The van der Waals surface area contributed by atoms with Gasteiger partial charge in [0, 0.05) is 19.5 Å². The van der Waals surface area contributed by atoms with Crippen LogP contribution in [0, 0.1) is 5.41 Å². The van der Waals surface area contributed by atoms with E-state index in [1.165, 1.54) is 122 Å². The van der Waals surface area contributed by atoms with E-state index in [1.807, 2.05) is 0 Å². The Hall–Kier alpha value is -1.79. The molecule has 1 atom stereocenters. The van der Waals surface area contributed by atoms with Gasteiger partial charge in [0.05, 0.1) is 0 Å². The molecule has 7 heteroatoms. The topological polar surface area (TPSA) is 120 Å². The Kier molecular flexibility index (Phi) is 29.8. The van der Waals surface area contributed by atoms with Gasteiger partial charge in [0.15, 0.2) is 5.96 Å². The molecule has 242 valence electrons. The fraction of sp³-hybridized carbons (Fsp3) is 0.912. The van der Waals surface area contributed by atoms with Crippen molar-refractivity contribution in [1.82, 2.24) is 16.0 Å². The summed E-state index contributed by atoms with van der Waals surface area (Å²) in [7, 11) is 0. The Bertz CT molecular complexity index is 614. The molecule has 0 unspecified atom stereocenters. The summed E-state index contributed by atoms with van der Waals surface area (Å²) >= 11 is 0. The van der Waals surface area contributed by atoms with Crippen LogP contribution in [0.4, 0.5) is 0 Å². The lowest BCUT2D eigenvalue weighted by Gasteiger charge is -2.19. The molecule has 0 heterocycles. The molecule has 0 aliphatic heterocycles. The summed E-state index contributed by atoms with van der Waals surface area (Å²) in [5.41, 5.74) is 5.35. The Morgan fingerprint density at radius 2 is 0.951 bits per heavy atom. The van der Waals surface area contributed by atoms with Gasteiger partial charge in [-0.2, -0.15) is 0 Å². The van der Waals surface area contributed by atoms with Gasteiger partial charge in [-0.25, -0.2) is 0 Å². The molecule has 41 heavy (non-hydrogen) atoms. The Balaban J connectivity index is 3.90. The summed E-state index contributed by atoms with van der Waals surface area (Å²) in [5, 5.41) is 16.0. The number of amides is 2. The Morgan fingerprint density at radius 1 is 0.561 bits per heavy atom. The largest absolute Gasteiger partial charge is 0.370 e. The van der Waals surface area contributed by atoms with Gasteiger partial charge in [0.2, 0.25) is 11.8 Å². The van der Waals surface area contributed by atoms with E-state index in [2.05, 4.69) is 29.8 Å². The van der Waals surface area contributed by atoms with Crippen molar-refractivity contribution in [3.05, 3.63) is 0 Å². The van der Waals surface area contributed by atoms with Crippen molar-refractivity contribution in [1.29, 1.82) is 5.41 Å². The molecule has 0 aromatic carbocycles. The summed E-state index contributed by atoms with van der Waals surface area (Å²) in [4.78, 5) is 25.3. The summed E-state index contributed by atoms with van der Waals surface area (Å²) in [5.74, 6) is -0.209. The fourth-order valence-electron chi connectivity index (χ4n) is 5.32. The highest BCUT2D eigenvalue weighted by atomic mass is 16.2. The lowest BCUT2D eigenvalue weighted by atomic mass is 10.0. The second-order valence-corrected chi connectivity index (χ2v) is 12.1. The maximum absolute atomic E-state index is 12.8. The predicted octanol–water partition coefficient (Wildman–Crippen LogP) is 8.25. The van der Waals surface area contributed by atoms with E-state index in [4.69, 9.17) is 11.1 Å². The maximum Gasteiger partial charge on any atom is 0.242 e. The first kappa shape index (κ1) is 39.2. The molecule has 0 spiro atoms. The molecular weight excluding hydrogens is 510 g/mol. The minimum atomic E-state index is -0.526. The zero-order valence-electron chi connectivity index (χ0n) is 27.3. The molecule has 2 amide bonds. The molecule has 0 radical (unpaired) electrons. The summed E-state index contributed by atoms with van der Waals surface area (Å²) < 4.78 is 0. The predicted molar refractivity (Wildman–Crippen MR) is 176 cm³/mol. The van der Waals surface area contributed by atoms with E-state index in [0.29, 0.717) is 32.4 Å². The molecule has 7 nitrogen and oxygen atoms in total. The van der Waals surface area contributed by atoms with Crippen LogP contribution >= 0.6 is 0 Å². The van der Waals surface area contributed by atoms with Crippen LogP contribution in [0.3, 0.4) is 0 Å². The number of guanidine groups is 1. The third kappa shape index (κ3) is 29.5. The molecule has 0 rings (SSSR count). The second-order valence-electron chi connectivity index (χ2n) is 12.1. The molecule has 0 aliphatic rings. The van der Waals surface area contributed by atoms with Crippen LogP contribution in [0.25, 0.3) is 0 Å². The monoisotopic (exact) mass is 580 g/mol. The lowest BCUT2D eigenvalue weighted by Crippen LogP contribution is -2.47. The van der Waals surface area contributed by atoms with Gasteiger partial charge < -0.3 is 21.7 Å². The van der Waals surface area contributed by atoms with Gasteiger partial charge in [-0.3, -0.25) is 15.0 Å². The van der Waals surface area contributed by atoms with Crippen molar-refractivity contribution in [3.63, 3.8) is 0 Å². The van der Waals surface area contributed by atoms with Crippen molar-refractivity contribution in [2.45, 2.75) is 187 Å². The van der Waals surface area contributed by atoms with Crippen molar-refractivity contribution in [3.8, 4) is 0 Å². The van der Waals surface area contributed by atoms with Gasteiger partial charge in [-0.15, -0.1) is 0 Å². The van der Waals surface area contributed by atoms with Crippen LogP contribution in [0.2, 0.25) is 0 Å². The minimum Gasteiger partial charge on any atom is -0.370 e. The maximum atomic E-state index is 12.8. The van der Waals surface area contributed by atoms with Crippen LogP contribution in [-0.4, -0.2) is 36.9 Å². The SMILES string of the molecule is CCCCCCCCCCCCCCCCCCCC(=O)N[C@@H](CCCNC(=N)N)C(=O)NCCCCCCCC. The zero-order chi connectivity index (χ0) is 30.2. The number of hydrogen-bond donors (Lipinski definition) is 5. The first-order valence-electron chi connectivity index (χ1n) is 17.7. The van der Waals surface area contributed by atoms with Gasteiger partial charge in [0.1, 0.15) is 6.04 Å². The number of unbranched alkanes of at least 4 members (excludes halogenated alkanes) is 21. The second kappa shape index (κ2) is 31.2. The van der Waals surface area contributed by atoms with Crippen LogP contribution in [0.15, 0.2) is 0 Å². The summed E-state index contributed by atoms with van der Waals surface area (Å²) in [6, 6.07) is -0.526. The van der Waals surface area contributed by atoms with E-state index >= 15 is 0 Å². The molecule has 0 aromatic heterocycles. The summed E-state index contributed by atoms with van der Waals surface area (Å²) in [6.07, 6.45) is 31.2. The van der Waals surface area contributed by atoms with Crippen molar-refractivity contribution < 1.29 is 9.59 Å². The number of nitrogens with one attached hydrogen (secondary N) is 4. The third-order valence-electron chi connectivity index (χ3n) is 7.97. The smallest absolute Gasteiger partial charge is 0.242 e. The standard InChI is InChI=1S/C34H69N5O2/c1-3-5-7-9-11-12-13-14-15-16-17-18-19-20-21-22-24-28-32(40)39-31(27-26-30-38-34(35)36)33(41)37-29-25-23-10-8-6-4-2/h31H,3-30H2,1-2H3,(H,37,41)(H,39,40)(H4,35,36,38)/t31-/m0/s1. The molecule has 0 aliphatic carbocycles. The number of nitrogens with two attached hydrogens (primary N) is 1. The molecule has 0 saturated carbocycles. The molecule has 0 fully saturated rings. The van der Waals surface area contributed by atoms with Gasteiger partial charge in [0.25, 0.3) is 0 Å². The zero-order valence-corrected chi connectivity index (χ0v) is 27.3. The number of carbonyl (C=O) groups excluding carboxylic acids is 2. The van der Waals surface area contributed by atoms with Crippen LogP contribution < -0.4 is 21.7 Å². The third-order valence-corrected chi connectivity index (χ3v) is 7.97. The van der Waals surface area contributed by atoms with Crippen molar-refractivity contribution in [2.75, 3.05) is 13.1 Å².